The molecule has 0 radical (unpaired) electrons. The van der Waals surface area contributed by atoms with Gasteiger partial charge < -0.3 is 9.26 Å². The van der Waals surface area contributed by atoms with Gasteiger partial charge in [-0.1, -0.05) is 19.0 Å². The molecule has 118 valence electrons. The number of nitrogens with zero attached hydrogens (tertiary/aromatic N) is 5. The molecule has 2 aromatic rings. The van der Waals surface area contributed by atoms with Crippen molar-refractivity contribution in [1.29, 1.82) is 0 Å². The number of hydrogen-bond donors (Lipinski definition) is 0. The highest BCUT2D eigenvalue weighted by atomic mass is 16.5. The lowest BCUT2D eigenvalue weighted by molar-refractivity contribution is 0.220. The van der Waals surface area contributed by atoms with E-state index in [4.69, 9.17) is 9.26 Å². The molecule has 1 saturated heterocycles. The summed E-state index contributed by atoms with van der Waals surface area (Å²) >= 11 is 0. The molecule has 7 nitrogen and oxygen atoms in total. The number of aromatic nitrogens is 4. The summed E-state index contributed by atoms with van der Waals surface area (Å²) in [6.07, 6.45) is 6.02. The smallest absolute Gasteiger partial charge is 0.240 e. The second-order valence-electron chi connectivity index (χ2n) is 5.95. The molecular weight excluding hydrogens is 282 g/mol. The Morgan fingerprint density at radius 2 is 2.32 bits per heavy atom. The van der Waals surface area contributed by atoms with Crippen molar-refractivity contribution in [3.05, 3.63) is 30.3 Å². The van der Waals surface area contributed by atoms with E-state index >= 15 is 0 Å². The van der Waals surface area contributed by atoms with E-state index in [2.05, 4.69) is 38.9 Å². The van der Waals surface area contributed by atoms with Crippen LogP contribution in [0.1, 0.15) is 37.9 Å². The average molecular weight is 303 g/mol. The predicted octanol–water partition coefficient (Wildman–Crippen LogP) is 1.88. The first-order valence-electron chi connectivity index (χ1n) is 7.64. The fourth-order valence-electron chi connectivity index (χ4n) is 2.51. The molecule has 0 amide bonds. The maximum atomic E-state index is 5.67. The van der Waals surface area contributed by atoms with E-state index in [1.165, 1.54) is 0 Å². The van der Waals surface area contributed by atoms with Crippen molar-refractivity contribution in [1.82, 2.24) is 25.0 Å². The molecule has 0 aromatic carbocycles. The Morgan fingerprint density at radius 1 is 1.41 bits per heavy atom. The molecule has 7 heteroatoms. The van der Waals surface area contributed by atoms with Gasteiger partial charge in [-0.05, 0) is 13.0 Å². The van der Waals surface area contributed by atoms with Crippen LogP contribution in [0.15, 0.2) is 23.1 Å². The quantitative estimate of drug-likeness (QED) is 0.806. The molecule has 3 rings (SSSR count). The van der Waals surface area contributed by atoms with Crippen molar-refractivity contribution < 1.29 is 9.26 Å². The zero-order chi connectivity index (χ0) is 15.4. The monoisotopic (exact) mass is 303 g/mol. The van der Waals surface area contributed by atoms with Crippen LogP contribution in [0.25, 0.3) is 0 Å². The van der Waals surface area contributed by atoms with E-state index in [-0.39, 0.29) is 0 Å². The molecule has 1 fully saturated rings. The van der Waals surface area contributed by atoms with Crippen LogP contribution in [0.4, 0.5) is 0 Å². The summed E-state index contributed by atoms with van der Waals surface area (Å²) < 4.78 is 11.0. The van der Waals surface area contributed by atoms with Crippen LogP contribution < -0.4 is 4.74 Å². The first kappa shape index (κ1) is 14.9. The SMILES string of the molecule is CC(C)c1noc(CN2CCC(COc3cnccn3)C2)n1. The maximum Gasteiger partial charge on any atom is 0.240 e. The summed E-state index contributed by atoms with van der Waals surface area (Å²) in [7, 11) is 0. The van der Waals surface area contributed by atoms with Gasteiger partial charge >= 0.3 is 0 Å². The van der Waals surface area contributed by atoms with Crippen molar-refractivity contribution in [3.8, 4) is 5.88 Å². The molecular formula is C15H21N5O2. The van der Waals surface area contributed by atoms with Gasteiger partial charge in [0.15, 0.2) is 5.82 Å². The molecule has 3 heterocycles. The minimum absolute atomic E-state index is 0.296. The normalized spacial score (nSPS) is 19.0. The van der Waals surface area contributed by atoms with Crippen LogP contribution >= 0.6 is 0 Å². The standard InChI is InChI=1S/C15H21N5O2/c1-11(2)15-18-14(22-19-15)9-20-6-3-12(8-20)10-21-13-7-16-4-5-17-13/h4-5,7,11-12H,3,6,8-10H2,1-2H3. The topological polar surface area (TPSA) is 77.2 Å². The minimum Gasteiger partial charge on any atom is -0.476 e. The van der Waals surface area contributed by atoms with Gasteiger partial charge in [-0.25, -0.2) is 4.98 Å². The van der Waals surface area contributed by atoms with E-state index in [0.717, 1.165) is 25.3 Å². The van der Waals surface area contributed by atoms with Gasteiger partial charge in [0, 0.05) is 30.8 Å². The first-order chi connectivity index (χ1) is 10.7. The average Bonchev–Trinajstić information content (AvgIpc) is 3.16. The summed E-state index contributed by atoms with van der Waals surface area (Å²) in [4.78, 5) is 14.9. The van der Waals surface area contributed by atoms with Gasteiger partial charge in [-0.15, -0.1) is 0 Å². The molecule has 22 heavy (non-hydrogen) atoms. The molecule has 0 saturated carbocycles. The Hall–Kier alpha value is -2.02. The zero-order valence-corrected chi connectivity index (χ0v) is 13.0. The lowest BCUT2D eigenvalue weighted by Gasteiger charge is -2.13. The summed E-state index contributed by atoms with van der Waals surface area (Å²) in [5.41, 5.74) is 0. The fraction of sp³-hybridized carbons (Fsp3) is 0.600. The molecule has 0 spiro atoms. The van der Waals surface area contributed by atoms with Crippen LogP contribution in [0, 0.1) is 5.92 Å². The minimum atomic E-state index is 0.296. The number of hydrogen-bond acceptors (Lipinski definition) is 7. The highest BCUT2D eigenvalue weighted by molar-refractivity contribution is 5.01. The van der Waals surface area contributed by atoms with Crippen molar-refractivity contribution in [2.75, 3.05) is 19.7 Å². The largest absolute Gasteiger partial charge is 0.476 e. The number of likely N-dealkylation sites (tertiary alicyclic amines) is 1. The van der Waals surface area contributed by atoms with E-state index in [1.807, 2.05) is 0 Å². The summed E-state index contributed by atoms with van der Waals surface area (Å²) in [6.45, 7) is 7.49. The molecule has 1 aliphatic heterocycles. The Kier molecular flexibility index (Phi) is 4.62. The van der Waals surface area contributed by atoms with E-state index < -0.39 is 0 Å². The molecule has 0 aliphatic carbocycles. The second kappa shape index (κ2) is 6.83. The Morgan fingerprint density at radius 3 is 3.05 bits per heavy atom. The van der Waals surface area contributed by atoms with Crippen LogP contribution in [-0.2, 0) is 6.54 Å². The first-order valence-corrected chi connectivity index (χ1v) is 7.64. The lowest BCUT2D eigenvalue weighted by Crippen LogP contribution is -2.22. The third-order valence-electron chi connectivity index (χ3n) is 3.74. The maximum absolute atomic E-state index is 5.67. The predicted molar refractivity (Wildman–Crippen MR) is 79.3 cm³/mol. The second-order valence-corrected chi connectivity index (χ2v) is 5.95. The van der Waals surface area contributed by atoms with E-state index in [1.54, 1.807) is 18.6 Å². The van der Waals surface area contributed by atoms with Gasteiger partial charge in [-0.3, -0.25) is 9.88 Å². The van der Waals surface area contributed by atoms with Crippen molar-refractivity contribution in [2.45, 2.75) is 32.7 Å². The Bertz CT molecular complexity index is 587. The van der Waals surface area contributed by atoms with E-state index in [0.29, 0.717) is 36.8 Å². The van der Waals surface area contributed by atoms with Crippen LogP contribution in [0.5, 0.6) is 5.88 Å². The van der Waals surface area contributed by atoms with Gasteiger partial charge in [0.05, 0.1) is 19.3 Å². The zero-order valence-electron chi connectivity index (χ0n) is 13.0. The van der Waals surface area contributed by atoms with Gasteiger partial charge in [0.1, 0.15) is 0 Å². The highest BCUT2D eigenvalue weighted by Crippen LogP contribution is 2.20. The van der Waals surface area contributed by atoms with Crippen LogP contribution in [0.2, 0.25) is 0 Å². The third kappa shape index (κ3) is 3.79. The Balaban J connectivity index is 1.45. The van der Waals surface area contributed by atoms with Crippen molar-refractivity contribution in [3.63, 3.8) is 0 Å². The van der Waals surface area contributed by atoms with Crippen molar-refractivity contribution >= 4 is 0 Å². The molecule has 2 aromatic heterocycles. The van der Waals surface area contributed by atoms with Gasteiger partial charge in [-0.2, -0.15) is 4.98 Å². The fourth-order valence-corrected chi connectivity index (χ4v) is 2.51. The molecule has 0 N–H and O–H groups in total. The molecule has 0 bridgehead atoms. The molecule has 1 unspecified atom stereocenters. The van der Waals surface area contributed by atoms with Gasteiger partial charge in [0.2, 0.25) is 11.8 Å². The lowest BCUT2D eigenvalue weighted by atomic mass is 10.1. The summed E-state index contributed by atoms with van der Waals surface area (Å²) in [5.74, 6) is 2.84. The molecule has 1 atom stereocenters. The van der Waals surface area contributed by atoms with Gasteiger partial charge in [0.25, 0.3) is 0 Å². The number of rotatable bonds is 6. The molecule has 1 aliphatic rings. The summed E-state index contributed by atoms with van der Waals surface area (Å²) in [5, 5.41) is 4.00. The third-order valence-corrected chi connectivity index (χ3v) is 3.74. The Labute approximate surface area is 129 Å². The summed E-state index contributed by atoms with van der Waals surface area (Å²) in [6, 6.07) is 0. The van der Waals surface area contributed by atoms with Crippen LogP contribution in [-0.4, -0.2) is 44.7 Å². The van der Waals surface area contributed by atoms with Crippen LogP contribution in [0.3, 0.4) is 0 Å². The van der Waals surface area contributed by atoms with Crippen molar-refractivity contribution in [2.24, 2.45) is 5.92 Å². The number of ether oxygens (including phenoxy) is 1. The van der Waals surface area contributed by atoms with E-state index in [9.17, 15) is 0 Å². The highest BCUT2D eigenvalue weighted by Gasteiger charge is 2.25.